The Labute approximate surface area is 227 Å². The highest BCUT2D eigenvalue weighted by atomic mass is 14.6. The molecule has 0 unspecified atom stereocenters. The van der Waals surface area contributed by atoms with Gasteiger partial charge in [-0.3, -0.25) is 0 Å². The first-order valence-corrected chi connectivity index (χ1v) is 14.0. The minimum Gasteiger partial charge on any atom is -0.0622 e. The molecule has 0 amide bonds. The summed E-state index contributed by atoms with van der Waals surface area (Å²) in [6.07, 6.45) is 8.09. The second-order valence-electron chi connectivity index (χ2n) is 11.9. The van der Waals surface area contributed by atoms with E-state index in [1.807, 2.05) is 36.4 Å². The molecule has 0 aromatic heterocycles. The largest absolute Gasteiger partial charge is 0.0622 e. The fraction of sp³-hybridized carbons (Fsp3) is 0.263. The molecule has 4 saturated carbocycles. The molecule has 0 aliphatic heterocycles. The van der Waals surface area contributed by atoms with Crippen molar-refractivity contribution in [3.63, 3.8) is 0 Å². The minimum atomic E-state index is 0.307. The topological polar surface area (TPSA) is 0 Å². The van der Waals surface area contributed by atoms with Crippen LogP contribution in [0.2, 0.25) is 0 Å². The summed E-state index contributed by atoms with van der Waals surface area (Å²) >= 11 is 0. The summed E-state index contributed by atoms with van der Waals surface area (Å²) in [7, 11) is 0. The van der Waals surface area contributed by atoms with Crippen molar-refractivity contribution in [1.82, 2.24) is 0 Å². The van der Waals surface area contributed by atoms with E-state index in [1.165, 1.54) is 49.7 Å². The van der Waals surface area contributed by atoms with Crippen molar-refractivity contribution in [2.75, 3.05) is 0 Å². The second kappa shape index (κ2) is 9.39. The van der Waals surface area contributed by atoms with Gasteiger partial charge >= 0.3 is 0 Å². The number of hydrogen-bond donors (Lipinski definition) is 0. The summed E-state index contributed by atoms with van der Waals surface area (Å²) in [6, 6.07) is 39.0. The average Bonchev–Trinajstić information content (AvgIpc) is 2.96. The number of rotatable bonds is 2. The minimum absolute atomic E-state index is 0.307. The summed E-state index contributed by atoms with van der Waals surface area (Å²) in [5.74, 6) is 15.0. The number of benzene rings is 4. The van der Waals surface area contributed by atoms with Crippen LogP contribution in [0.15, 0.2) is 109 Å². The van der Waals surface area contributed by atoms with Crippen LogP contribution in [0, 0.1) is 35.5 Å². The Morgan fingerprint density at radius 3 is 1.13 bits per heavy atom. The SMILES string of the molecule is C(#Cc1ccc(C23CC4CC(C2)CC(c2ccc(C#Cc5ccccc5)cc2)(C4)C3)cc1)c1ccccc1. The van der Waals surface area contributed by atoms with E-state index in [-0.39, 0.29) is 0 Å². The smallest absolute Gasteiger partial charge is 0.0249 e. The highest BCUT2D eigenvalue weighted by Gasteiger charge is 2.58. The van der Waals surface area contributed by atoms with E-state index >= 15 is 0 Å². The molecule has 4 aliphatic rings. The molecule has 0 radical (unpaired) electrons. The van der Waals surface area contributed by atoms with Crippen LogP contribution in [-0.2, 0) is 10.8 Å². The van der Waals surface area contributed by atoms with E-state index in [4.69, 9.17) is 0 Å². The summed E-state index contributed by atoms with van der Waals surface area (Å²) < 4.78 is 0. The maximum Gasteiger partial charge on any atom is 0.0249 e. The van der Waals surface area contributed by atoms with Crippen molar-refractivity contribution in [2.45, 2.75) is 49.4 Å². The van der Waals surface area contributed by atoms with Crippen LogP contribution in [0.3, 0.4) is 0 Å². The van der Waals surface area contributed by atoms with Crippen molar-refractivity contribution < 1.29 is 0 Å². The maximum absolute atomic E-state index is 3.36. The normalized spacial score (nSPS) is 26.6. The molecule has 0 heteroatoms. The van der Waals surface area contributed by atoms with Crippen LogP contribution in [0.5, 0.6) is 0 Å². The molecule has 0 nitrogen and oxygen atoms in total. The van der Waals surface area contributed by atoms with E-state index < -0.39 is 0 Å². The first kappa shape index (κ1) is 23.1. The molecular formula is C38H32. The van der Waals surface area contributed by atoms with Gasteiger partial charge in [0.1, 0.15) is 0 Å². The Balaban J connectivity index is 1.15. The van der Waals surface area contributed by atoms with Crippen LogP contribution < -0.4 is 0 Å². The molecule has 0 spiro atoms. The zero-order chi connectivity index (χ0) is 25.4. The highest BCUT2D eigenvalue weighted by molar-refractivity contribution is 5.47. The zero-order valence-electron chi connectivity index (χ0n) is 21.8. The van der Waals surface area contributed by atoms with Crippen molar-refractivity contribution >= 4 is 0 Å². The Morgan fingerprint density at radius 2 is 0.763 bits per heavy atom. The molecule has 4 aromatic carbocycles. The Morgan fingerprint density at radius 1 is 0.421 bits per heavy atom. The number of hydrogen-bond acceptors (Lipinski definition) is 0. The van der Waals surface area contributed by atoms with Gasteiger partial charge in [0.25, 0.3) is 0 Å². The van der Waals surface area contributed by atoms with Gasteiger partial charge in [-0.05, 0) is 121 Å². The van der Waals surface area contributed by atoms with Crippen molar-refractivity contribution in [3.05, 3.63) is 143 Å². The van der Waals surface area contributed by atoms with Gasteiger partial charge in [-0.25, -0.2) is 0 Å². The molecule has 4 aliphatic carbocycles. The van der Waals surface area contributed by atoms with E-state index in [0.717, 1.165) is 34.1 Å². The average molecular weight is 489 g/mol. The highest BCUT2D eigenvalue weighted by Crippen LogP contribution is 2.66. The van der Waals surface area contributed by atoms with Gasteiger partial charge in [0, 0.05) is 22.3 Å². The molecule has 0 N–H and O–H groups in total. The monoisotopic (exact) mass is 488 g/mol. The van der Waals surface area contributed by atoms with Crippen LogP contribution >= 0.6 is 0 Å². The molecule has 0 heterocycles. The lowest BCUT2D eigenvalue weighted by Crippen LogP contribution is -2.55. The van der Waals surface area contributed by atoms with Gasteiger partial charge in [-0.1, -0.05) is 84.3 Å². The Kier molecular flexibility index (Phi) is 5.72. The third-order valence-electron chi connectivity index (χ3n) is 9.31. The Bertz CT molecular complexity index is 1420. The van der Waals surface area contributed by atoms with Gasteiger partial charge in [0.2, 0.25) is 0 Å². The molecule has 8 rings (SSSR count). The lowest BCUT2D eigenvalue weighted by Gasteiger charge is -2.62. The summed E-state index contributed by atoms with van der Waals surface area (Å²) in [4.78, 5) is 0. The third-order valence-corrected chi connectivity index (χ3v) is 9.31. The molecule has 4 fully saturated rings. The molecule has 4 aromatic rings. The Hall–Kier alpha value is -4.00. The van der Waals surface area contributed by atoms with E-state index in [9.17, 15) is 0 Å². The van der Waals surface area contributed by atoms with Gasteiger partial charge in [-0.2, -0.15) is 0 Å². The molecule has 0 atom stereocenters. The van der Waals surface area contributed by atoms with Crippen LogP contribution in [0.1, 0.15) is 71.9 Å². The molecule has 0 saturated heterocycles. The summed E-state index contributed by atoms with van der Waals surface area (Å²) in [6.45, 7) is 0. The van der Waals surface area contributed by atoms with Crippen LogP contribution in [-0.4, -0.2) is 0 Å². The second-order valence-corrected chi connectivity index (χ2v) is 11.9. The van der Waals surface area contributed by atoms with Gasteiger partial charge in [-0.15, -0.1) is 0 Å². The summed E-state index contributed by atoms with van der Waals surface area (Å²) in [5.41, 5.74) is 8.02. The van der Waals surface area contributed by atoms with Crippen LogP contribution in [0.25, 0.3) is 0 Å². The van der Waals surface area contributed by atoms with E-state index in [1.54, 1.807) is 0 Å². The first-order valence-electron chi connectivity index (χ1n) is 14.0. The quantitative estimate of drug-likeness (QED) is 0.249. The van der Waals surface area contributed by atoms with Crippen molar-refractivity contribution in [2.24, 2.45) is 11.8 Å². The summed E-state index contributed by atoms with van der Waals surface area (Å²) in [5, 5.41) is 0. The van der Waals surface area contributed by atoms with Gasteiger partial charge < -0.3 is 0 Å². The predicted octanol–water partition coefficient (Wildman–Crippen LogP) is 8.28. The lowest BCUT2D eigenvalue weighted by atomic mass is 9.41. The zero-order valence-corrected chi connectivity index (χ0v) is 21.8. The molecule has 38 heavy (non-hydrogen) atoms. The predicted molar refractivity (Wildman–Crippen MR) is 156 cm³/mol. The van der Waals surface area contributed by atoms with Crippen molar-refractivity contribution in [3.8, 4) is 23.7 Å². The van der Waals surface area contributed by atoms with Gasteiger partial charge in [0.05, 0.1) is 0 Å². The van der Waals surface area contributed by atoms with E-state index in [2.05, 4.69) is 96.5 Å². The fourth-order valence-electron chi connectivity index (χ4n) is 8.08. The first-order chi connectivity index (χ1) is 18.7. The standard InChI is InChI=1S/C38H32/c1-3-7-29(8-4-1)11-13-31-15-19-35(20-16-31)37-24-33-23-34(25-37)27-38(26-33,28-37)36-21-17-32(18-22-36)14-12-30-9-5-2-6-10-30/h1-10,15-22,33-34H,23-28H2. The van der Waals surface area contributed by atoms with Gasteiger partial charge in [0.15, 0.2) is 0 Å². The van der Waals surface area contributed by atoms with E-state index in [0.29, 0.717) is 10.8 Å². The van der Waals surface area contributed by atoms with Crippen molar-refractivity contribution in [1.29, 1.82) is 0 Å². The van der Waals surface area contributed by atoms with Crippen LogP contribution in [0.4, 0.5) is 0 Å². The third kappa shape index (κ3) is 4.36. The molecule has 184 valence electrons. The maximum atomic E-state index is 3.36. The molecule has 4 bridgehead atoms. The fourth-order valence-corrected chi connectivity index (χ4v) is 8.08. The lowest BCUT2D eigenvalue weighted by molar-refractivity contribution is -0.0281. The molecular weight excluding hydrogens is 456 g/mol.